The van der Waals surface area contributed by atoms with E-state index in [4.69, 9.17) is 16.3 Å². The van der Waals surface area contributed by atoms with Gasteiger partial charge in [-0.25, -0.2) is 0 Å². The minimum atomic E-state index is 0.421. The first-order valence-electron chi connectivity index (χ1n) is 7.61. The molecule has 1 atom stereocenters. The maximum atomic E-state index is 5.96. The van der Waals surface area contributed by atoms with Crippen molar-refractivity contribution in [1.82, 2.24) is 14.7 Å². The molecule has 3 heterocycles. The molecule has 1 unspecified atom stereocenters. The smallest absolute Gasteiger partial charge is 0.127 e. The standard InChI is InChI=1S/C17H18ClN3O/c18-15-8-19-21(10-15)16-5-6-20(11-16)9-13-7-14-3-1-2-4-17(14)22-12-13/h1-4,7-8,10,16H,5-6,9,11-12H2. The zero-order valence-electron chi connectivity index (χ0n) is 12.3. The Morgan fingerprint density at radius 2 is 2.23 bits per heavy atom. The van der Waals surface area contributed by atoms with Gasteiger partial charge in [0.05, 0.1) is 17.3 Å². The van der Waals surface area contributed by atoms with Crippen LogP contribution in [0.4, 0.5) is 0 Å². The number of halogens is 1. The Morgan fingerprint density at radius 1 is 1.32 bits per heavy atom. The van der Waals surface area contributed by atoms with Crippen molar-refractivity contribution in [2.24, 2.45) is 0 Å². The highest BCUT2D eigenvalue weighted by molar-refractivity contribution is 6.30. The van der Waals surface area contributed by atoms with Crippen LogP contribution in [0.2, 0.25) is 5.02 Å². The Hall–Kier alpha value is -1.78. The summed E-state index contributed by atoms with van der Waals surface area (Å²) in [6.07, 6.45) is 6.99. The Morgan fingerprint density at radius 3 is 3.09 bits per heavy atom. The number of fused-ring (bicyclic) bond motifs is 1. The second-order valence-corrected chi connectivity index (χ2v) is 6.38. The number of likely N-dealkylation sites (tertiary alicyclic amines) is 1. The van der Waals surface area contributed by atoms with Crippen LogP contribution in [0.25, 0.3) is 6.08 Å². The molecule has 0 amide bonds. The third kappa shape index (κ3) is 2.76. The Kier molecular flexibility index (Phi) is 3.64. The summed E-state index contributed by atoms with van der Waals surface area (Å²) in [5.41, 5.74) is 2.51. The molecule has 2 aliphatic heterocycles. The van der Waals surface area contributed by atoms with Gasteiger partial charge in [-0.1, -0.05) is 29.8 Å². The van der Waals surface area contributed by atoms with Crippen LogP contribution in [-0.4, -0.2) is 40.9 Å². The van der Waals surface area contributed by atoms with Crippen molar-refractivity contribution in [2.75, 3.05) is 26.2 Å². The number of benzene rings is 1. The van der Waals surface area contributed by atoms with Gasteiger partial charge in [0.2, 0.25) is 0 Å². The highest BCUT2D eigenvalue weighted by Crippen LogP contribution is 2.28. The summed E-state index contributed by atoms with van der Waals surface area (Å²) in [6.45, 7) is 3.74. The molecule has 0 N–H and O–H groups in total. The largest absolute Gasteiger partial charge is 0.489 e. The van der Waals surface area contributed by atoms with E-state index >= 15 is 0 Å². The van der Waals surface area contributed by atoms with E-state index in [-0.39, 0.29) is 0 Å². The van der Waals surface area contributed by atoms with Crippen molar-refractivity contribution >= 4 is 17.7 Å². The minimum Gasteiger partial charge on any atom is -0.489 e. The van der Waals surface area contributed by atoms with Crippen molar-refractivity contribution in [1.29, 1.82) is 0 Å². The van der Waals surface area contributed by atoms with Gasteiger partial charge in [0, 0.05) is 31.4 Å². The summed E-state index contributed by atoms with van der Waals surface area (Å²) in [4.78, 5) is 2.46. The Balaban J connectivity index is 1.42. The minimum absolute atomic E-state index is 0.421. The maximum Gasteiger partial charge on any atom is 0.127 e. The summed E-state index contributed by atoms with van der Waals surface area (Å²) >= 11 is 5.96. The average molecular weight is 316 g/mol. The summed E-state index contributed by atoms with van der Waals surface area (Å²) in [5, 5.41) is 5.03. The van der Waals surface area contributed by atoms with Crippen LogP contribution in [0.5, 0.6) is 5.75 Å². The fourth-order valence-electron chi connectivity index (χ4n) is 3.23. The lowest BCUT2D eigenvalue weighted by Crippen LogP contribution is -2.26. The topological polar surface area (TPSA) is 30.3 Å². The zero-order valence-corrected chi connectivity index (χ0v) is 13.0. The number of hydrogen-bond acceptors (Lipinski definition) is 3. The molecule has 5 heteroatoms. The van der Waals surface area contributed by atoms with Gasteiger partial charge in [0.25, 0.3) is 0 Å². The molecule has 0 bridgehead atoms. The number of aromatic nitrogens is 2. The third-order valence-electron chi connectivity index (χ3n) is 4.31. The van der Waals surface area contributed by atoms with Gasteiger partial charge in [-0.2, -0.15) is 5.10 Å². The van der Waals surface area contributed by atoms with Crippen LogP contribution < -0.4 is 4.74 Å². The monoisotopic (exact) mass is 315 g/mol. The normalized spacial score (nSPS) is 21.3. The molecule has 2 aromatic rings. The van der Waals surface area contributed by atoms with E-state index < -0.39 is 0 Å². The summed E-state index contributed by atoms with van der Waals surface area (Å²) in [6, 6.07) is 8.61. The van der Waals surface area contributed by atoms with Crippen LogP contribution in [-0.2, 0) is 0 Å². The molecular weight excluding hydrogens is 298 g/mol. The molecule has 1 fully saturated rings. The van der Waals surface area contributed by atoms with Crippen molar-refractivity contribution in [3.63, 3.8) is 0 Å². The highest BCUT2D eigenvalue weighted by atomic mass is 35.5. The molecule has 22 heavy (non-hydrogen) atoms. The van der Waals surface area contributed by atoms with E-state index in [0.29, 0.717) is 17.7 Å². The molecule has 0 aliphatic carbocycles. The summed E-state index contributed by atoms with van der Waals surface area (Å²) in [5.74, 6) is 0.983. The van der Waals surface area contributed by atoms with E-state index in [9.17, 15) is 0 Å². The Labute approximate surface area is 134 Å². The third-order valence-corrected chi connectivity index (χ3v) is 4.51. The quantitative estimate of drug-likeness (QED) is 0.871. The lowest BCUT2D eigenvalue weighted by Gasteiger charge is -2.22. The first-order valence-corrected chi connectivity index (χ1v) is 7.99. The van der Waals surface area contributed by atoms with E-state index in [0.717, 1.165) is 31.8 Å². The van der Waals surface area contributed by atoms with Gasteiger partial charge in [-0.3, -0.25) is 9.58 Å². The van der Waals surface area contributed by atoms with E-state index in [2.05, 4.69) is 28.2 Å². The van der Waals surface area contributed by atoms with Gasteiger partial charge in [-0.15, -0.1) is 0 Å². The van der Waals surface area contributed by atoms with E-state index in [1.54, 1.807) is 6.20 Å². The number of hydrogen-bond donors (Lipinski definition) is 0. The van der Waals surface area contributed by atoms with Crippen LogP contribution >= 0.6 is 11.6 Å². The SMILES string of the molecule is Clc1cnn(C2CCN(CC3=Cc4ccccc4OC3)C2)c1. The van der Waals surface area contributed by atoms with Gasteiger partial charge < -0.3 is 4.74 Å². The first kappa shape index (κ1) is 13.9. The van der Waals surface area contributed by atoms with Gasteiger partial charge in [0.1, 0.15) is 12.4 Å². The average Bonchev–Trinajstić information content (AvgIpc) is 3.16. The van der Waals surface area contributed by atoms with Crippen molar-refractivity contribution in [2.45, 2.75) is 12.5 Å². The molecule has 4 rings (SSSR count). The maximum absolute atomic E-state index is 5.96. The second kappa shape index (κ2) is 5.78. The number of ether oxygens (including phenoxy) is 1. The Bertz CT molecular complexity index is 709. The lowest BCUT2D eigenvalue weighted by atomic mass is 10.1. The van der Waals surface area contributed by atoms with Gasteiger partial charge in [0.15, 0.2) is 0 Å². The molecule has 0 radical (unpaired) electrons. The lowest BCUT2D eigenvalue weighted by molar-refractivity contribution is 0.302. The summed E-state index contributed by atoms with van der Waals surface area (Å²) in [7, 11) is 0. The van der Waals surface area contributed by atoms with E-state index in [1.807, 2.05) is 23.0 Å². The fraction of sp³-hybridized carbons (Fsp3) is 0.353. The predicted octanol–water partition coefficient (Wildman–Crippen LogP) is 3.26. The van der Waals surface area contributed by atoms with Crippen molar-refractivity contribution in [3.05, 3.63) is 52.8 Å². The molecule has 114 valence electrons. The number of nitrogens with zero attached hydrogens (tertiary/aromatic N) is 3. The molecular formula is C17H18ClN3O. The fourth-order valence-corrected chi connectivity index (χ4v) is 3.37. The van der Waals surface area contributed by atoms with Crippen LogP contribution in [0.1, 0.15) is 18.0 Å². The molecule has 2 aliphatic rings. The zero-order chi connectivity index (χ0) is 14.9. The van der Waals surface area contributed by atoms with Crippen molar-refractivity contribution in [3.8, 4) is 5.75 Å². The molecule has 1 aromatic carbocycles. The molecule has 1 saturated heterocycles. The van der Waals surface area contributed by atoms with Crippen LogP contribution in [0, 0.1) is 0 Å². The van der Waals surface area contributed by atoms with Crippen LogP contribution in [0.15, 0.2) is 42.2 Å². The highest BCUT2D eigenvalue weighted by Gasteiger charge is 2.25. The van der Waals surface area contributed by atoms with Gasteiger partial charge >= 0.3 is 0 Å². The van der Waals surface area contributed by atoms with Crippen LogP contribution in [0.3, 0.4) is 0 Å². The van der Waals surface area contributed by atoms with E-state index in [1.165, 1.54) is 11.1 Å². The second-order valence-electron chi connectivity index (χ2n) is 5.95. The molecule has 0 saturated carbocycles. The first-order chi connectivity index (χ1) is 10.8. The number of para-hydroxylation sites is 1. The van der Waals surface area contributed by atoms with Crippen molar-refractivity contribution < 1.29 is 4.74 Å². The summed E-state index contributed by atoms with van der Waals surface area (Å²) < 4.78 is 7.82. The van der Waals surface area contributed by atoms with Gasteiger partial charge in [-0.05, 0) is 24.1 Å². The predicted molar refractivity (Wildman–Crippen MR) is 87.2 cm³/mol. The molecule has 0 spiro atoms. The number of rotatable bonds is 3. The molecule has 1 aromatic heterocycles. The molecule has 4 nitrogen and oxygen atoms in total.